The Labute approximate surface area is 189 Å². The number of aromatic nitrogens is 2. The Morgan fingerprint density at radius 1 is 1.06 bits per heavy atom. The number of nitriles is 2. The molecule has 4 rings (SSSR count). The Morgan fingerprint density at radius 2 is 1.78 bits per heavy atom. The average Bonchev–Trinajstić information content (AvgIpc) is 3.40. The third kappa shape index (κ3) is 3.66. The molecule has 0 saturated carbocycles. The predicted molar refractivity (Wildman–Crippen MR) is 109 cm³/mol. The van der Waals surface area contributed by atoms with Gasteiger partial charge in [0.2, 0.25) is 0 Å². The van der Waals surface area contributed by atoms with Gasteiger partial charge in [-0.3, -0.25) is 0 Å². The van der Waals surface area contributed by atoms with Gasteiger partial charge in [-0.15, -0.1) is 0 Å². The summed E-state index contributed by atoms with van der Waals surface area (Å²) in [5.74, 6) is 0. The minimum absolute atomic E-state index is 0.000322. The Hall–Kier alpha value is -3.53. The van der Waals surface area contributed by atoms with Gasteiger partial charge in [0.1, 0.15) is 12.1 Å². The third-order valence-electron chi connectivity index (χ3n) is 4.92. The molecule has 0 bridgehead atoms. The molecule has 0 saturated heterocycles. The molecular weight excluding hydrogens is 466 g/mol. The minimum Gasteiger partial charge on any atom is -0.374 e. The number of nitrogens with zero attached hydrogens (tertiary/aromatic N) is 5. The van der Waals surface area contributed by atoms with Gasteiger partial charge >= 0.3 is 6.18 Å². The van der Waals surface area contributed by atoms with Gasteiger partial charge in [0.15, 0.2) is 0 Å². The zero-order valence-corrected chi connectivity index (χ0v) is 17.4. The van der Waals surface area contributed by atoms with E-state index in [1.165, 1.54) is 41.3 Å². The van der Waals surface area contributed by atoms with Crippen molar-refractivity contribution < 1.29 is 18.0 Å². The van der Waals surface area contributed by atoms with Crippen molar-refractivity contribution in [2.24, 2.45) is 5.16 Å². The molecule has 3 aromatic rings. The first-order valence-electron chi connectivity index (χ1n) is 8.95. The van der Waals surface area contributed by atoms with Crippen LogP contribution in [0, 0.1) is 22.7 Å². The van der Waals surface area contributed by atoms with E-state index in [4.69, 9.17) is 33.3 Å². The van der Waals surface area contributed by atoms with E-state index in [0.29, 0.717) is 11.3 Å². The number of halogens is 5. The van der Waals surface area contributed by atoms with Gasteiger partial charge < -0.3 is 4.84 Å². The first-order valence-corrected chi connectivity index (χ1v) is 9.70. The van der Waals surface area contributed by atoms with Crippen LogP contribution in [0.2, 0.25) is 10.0 Å². The Balaban J connectivity index is 1.72. The summed E-state index contributed by atoms with van der Waals surface area (Å²) >= 11 is 11.8. The first kappa shape index (κ1) is 21.7. The van der Waals surface area contributed by atoms with Crippen LogP contribution in [0.1, 0.15) is 28.7 Å². The lowest BCUT2D eigenvalue weighted by Gasteiger charge is -2.29. The fourth-order valence-corrected chi connectivity index (χ4v) is 3.89. The van der Waals surface area contributed by atoms with E-state index < -0.39 is 18.2 Å². The quantitative estimate of drug-likeness (QED) is 0.499. The van der Waals surface area contributed by atoms with Crippen LogP contribution in [0.4, 0.5) is 13.2 Å². The molecule has 1 unspecified atom stereocenters. The summed E-state index contributed by atoms with van der Waals surface area (Å²) in [5, 5.41) is 26.3. The van der Waals surface area contributed by atoms with Gasteiger partial charge in [-0.1, -0.05) is 34.4 Å². The summed E-state index contributed by atoms with van der Waals surface area (Å²) in [7, 11) is 0. The number of alkyl halides is 3. The molecule has 2 aromatic carbocycles. The van der Waals surface area contributed by atoms with Crippen molar-refractivity contribution in [3.63, 3.8) is 0 Å². The number of hydrogen-bond acceptors (Lipinski definition) is 5. The van der Waals surface area contributed by atoms with Crippen LogP contribution < -0.4 is 0 Å². The van der Waals surface area contributed by atoms with Crippen LogP contribution in [0.3, 0.4) is 0 Å². The average molecular weight is 476 g/mol. The van der Waals surface area contributed by atoms with Crippen molar-refractivity contribution in [3.05, 3.63) is 81.1 Å². The fourth-order valence-electron chi connectivity index (χ4n) is 3.36. The van der Waals surface area contributed by atoms with E-state index in [1.54, 1.807) is 0 Å². The highest BCUT2D eigenvalue weighted by molar-refractivity contribution is 6.34. The Morgan fingerprint density at radius 3 is 2.38 bits per heavy atom. The normalized spacial score (nSPS) is 17.9. The third-order valence-corrected chi connectivity index (χ3v) is 5.36. The van der Waals surface area contributed by atoms with E-state index in [2.05, 4.69) is 10.3 Å². The number of oxime groups is 1. The van der Waals surface area contributed by atoms with Crippen molar-refractivity contribution >= 4 is 28.9 Å². The fraction of sp³-hybridized carbons (Fsp3) is 0.143. The van der Waals surface area contributed by atoms with Crippen molar-refractivity contribution in [2.45, 2.75) is 18.2 Å². The molecule has 0 fully saturated rings. The van der Waals surface area contributed by atoms with Gasteiger partial charge in [0, 0.05) is 33.8 Å². The van der Waals surface area contributed by atoms with E-state index in [9.17, 15) is 18.4 Å². The van der Waals surface area contributed by atoms with Crippen molar-refractivity contribution in [1.29, 1.82) is 10.5 Å². The van der Waals surface area contributed by atoms with Crippen molar-refractivity contribution in [2.75, 3.05) is 0 Å². The SMILES string of the molecule is N#Cc1cnn(-c2ccc(C3=NOC(c4cc(Cl)cc(Cl)c4)(C(F)(F)F)C3)cc2C#N)c1. The Bertz CT molecular complexity index is 1320. The van der Waals surface area contributed by atoms with E-state index in [0.717, 1.165) is 12.1 Å². The van der Waals surface area contributed by atoms with Gasteiger partial charge in [-0.2, -0.15) is 28.8 Å². The van der Waals surface area contributed by atoms with Gasteiger partial charge in [0.05, 0.1) is 28.7 Å². The number of rotatable bonds is 3. The number of benzene rings is 2. The molecule has 1 aliphatic heterocycles. The molecule has 1 aromatic heterocycles. The molecule has 1 atom stereocenters. The maximum absolute atomic E-state index is 14.1. The second kappa shape index (κ2) is 7.86. The molecule has 32 heavy (non-hydrogen) atoms. The van der Waals surface area contributed by atoms with Crippen molar-refractivity contribution in [1.82, 2.24) is 9.78 Å². The lowest BCUT2D eigenvalue weighted by molar-refractivity contribution is -0.275. The maximum atomic E-state index is 14.1. The second-order valence-corrected chi connectivity index (χ2v) is 7.79. The van der Waals surface area contributed by atoms with Gasteiger partial charge in [-0.25, -0.2) is 4.68 Å². The van der Waals surface area contributed by atoms with Gasteiger partial charge in [0.25, 0.3) is 5.60 Å². The summed E-state index contributed by atoms with van der Waals surface area (Å²) in [6, 6.07) is 11.9. The lowest BCUT2D eigenvalue weighted by Crippen LogP contribution is -2.42. The van der Waals surface area contributed by atoms with E-state index >= 15 is 0 Å². The zero-order valence-electron chi connectivity index (χ0n) is 15.9. The molecule has 2 heterocycles. The molecule has 1 aliphatic rings. The molecule has 0 spiro atoms. The summed E-state index contributed by atoms with van der Waals surface area (Å²) in [6.07, 6.45) is -2.70. The largest absolute Gasteiger partial charge is 0.435 e. The molecule has 0 amide bonds. The molecule has 160 valence electrons. The molecular formula is C21H10Cl2F3N5O. The van der Waals surface area contributed by atoms with Crippen LogP contribution in [0.15, 0.2) is 53.9 Å². The summed E-state index contributed by atoms with van der Waals surface area (Å²) in [5.41, 5.74) is -1.99. The van der Waals surface area contributed by atoms with Crippen molar-refractivity contribution in [3.8, 4) is 17.8 Å². The first-order chi connectivity index (χ1) is 15.2. The molecule has 0 N–H and O–H groups in total. The summed E-state index contributed by atoms with van der Waals surface area (Å²) in [6.45, 7) is 0. The van der Waals surface area contributed by atoms with E-state index in [1.807, 2.05) is 12.1 Å². The van der Waals surface area contributed by atoms with Crippen LogP contribution in [0.25, 0.3) is 5.69 Å². The maximum Gasteiger partial charge on any atom is 0.435 e. The highest BCUT2D eigenvalue weighted by Gasteiger charge is 2.62. The monoisotopic (exact) mass is 475 g/mol. The minimum atomic E-state index is -4.83. The molecule has 11 heteroatoms. The summed E-state index contributed by atoms with van der Waals surface area (Å²) in [4.78, 5) is 4.98. The second-order valence-electron chi connectivity index (χ2n) is 6.92. The van der Waals surface area contributed by atoms with Crippen LogP contribution in [0.5, 0.6) is 0 Å². The highest BCUT2D eigenvalue weighted by atomic mass is 35.5. The van der Waals surface area contributed by atoms with Crippen LogP contribution >= 0.6 is 23.2 Å². The summed E-state index contributed by atoms with van der Waals surface area (Å²) < 4.78 is 43.8. The topological polar surface area (TPSA) is 87.0 Å². The van der Waals surface area contributed by atoms with Gasteiger partial charge in [-0.05, 0) is 30.3 Å². The standard InChI is InChI=1S/C21H10Cl2F3N5O/c22-16-4-15(5-17(23)6-16)20(21(24,25)26)7-18(30-32-20)13-1-2-19(14(3-13)9-28)31-11-12(8-27)10-29-31/h1-6,10-11H,7H2. The lowest BCUT2D eigenvalue weighted by atomic mass is 9.86. The van der Waals surface area contributed by atoms with E-state index in [-0.39, 0.29) is 32.4 Å². The number of hydrogen-bond donors (Lipinski definition) is 0. The zero-order chi connectivity index (χ0) is 23.1. The molecule has 0 aliphatic carbocycles. The Kier molecular flexibility index (Phi) is 5.33. The molecule has 6 nitrogen and oxygen atoms in total. The highest BCUT2D eigenvalue weighted by Crippen LogP contribution is 2.49. The van der Waals surface area contributed by atoms with Crippen LogP contribution in [-0.4, -0.2) is 21.7 Å². The smallest absolute Gasteiger partial charge is 0.374 e. The molecule has 0 radical (unpaired) electrons. The van der Waals surface area contributed by atoms with Crippen LogP contribution in [-0.2, 0) is 10.4 Å². The predicted octanol–water partition coefficient (Wildman–Crippen LogP) is 5.50.